The first-order chi connectivity index (χ1) is 13.9. The minimum absolute atomic E-state index is 0.0700. The van der Waals surface area contributed by atoms with Crippen molar-refractivity contribution in [3.05, 3.63) is 66.0 Å². The zero-order valence-corrected chi connectivity index (χ0v) is 16.6. The Kier molecular flexibility index (Phi) is 6.64. The molecule has 0 bridgehead atoms. The summed E-state index contributed by atoms with van der Waals surface area (Å²) in [6.45, 7) is 1.22. The number of carbonyl (C=O) groups is 2. The summed E-state index contributed by atoms with van der Waals surface area (Å²) in [4.78, 5) is 26.8. The van der Waals surface area contributed by atoms with E-state index in [4.69, 9.17) is 4.74 Å². The average Bonchev–Trinajstić information content (AvgIpc) is 3.26. The van der Waals surface area contributed by atoms with Crippen molar-refractivity contribution in [1.29, 1.82) is 0 Å². The number of amides is 1. The number of hydrogen-bond donors (Lipinski definition) is 0. The fourth-order valence-corrected chi connectivity index (χ4v) is 4.38. The summed E-state index contributed by atoms with van der Waals surface area (Å²) in [6, 6.07) is 13.1. The third kappa shape index (κ3) is 5.41. The van der Waals surface area contributed by atoms with Crippen LogP contribution in [0.15, 0.2) is 59.5 Å². The van der Waals surface area contributed by atoms with Crippen LogP contribution in [0.5, 0.6) is 0 Å². The van der Waals surface area contributed by atoms with Crippen LogP contribution in [0.1, 0.15) is 30.9 Å². The van der Waals surface area contributed by atoms with Crippen molar-refractivity contribution in [2.24, 2.45) is 0 Å². The molecule has 1 saturated heterocycles. The van der Waals surface area contributed by atoms with E-state index in [2.05, 4.69) is 0 Å². The molecule has 0 spiro atoms. The molecule has 1 aliphatic heterocycles. The van der Waals surface area contributed by atoms with Crippen LogP contribution in [0, 0.1) is 5.82 Å². The summed E-state index contributed by atoms with van der Waals surface area (Å²) >= 11 is 0. The normalized spacial score (nSPS) is 15.1. The Labute approximate surface area is 169 Å². The number of sulfone groups is 1. The molecule has 3 rings (SSSR count). The molecule has 8 heteroatoms. The third-order valence-corrected chi connectivity index (χ3v) is 6.47. The molecular weight excluding hydrogens is 397 g/mol. The van der Waals surface area contributed by atoms with Gasteiger partial charge in [-0.05, 0) is 37.1 Å². The van der Waals surface area contributed by atoms with Crippen molar-refractivity contribution >= 4 is 21.7 Å². The molecule has 1 fully saturated rings. The van der Waals surface area contributed by atoms with Gasteiger partial charge in [0.2, 0.25) is 6.10 Å². The van der Waals surface area contributed by atoms with Gasteiger partial charge in [0.05, 0.1) is 17.1 Å². The van der Waals surface area contributed by atoms with Gasteiger partial charge < -0.3 is 9.64 Å². The largest absolute Gasteiger partial charge is 0.447 e. The van der Waals surface area contributed by atoms with Crippen LogP contribution in [0.3, 0.4) is 0 Å². The number of benzene rings is 2. The zero-order valence-electron chi connectivity index (χ0n) is 15.8. The van der Waals surface area contributed by atoms with E-state index in [1.165, 1.54) is 0 Å². The number of carbonyl (C=O) groups excluding carboxylic acids is 2. The number of halogens is 1. The lowest BCUT2D eigenvalue weighted by atomic mass is 10.1. The van der Waals surface area contributed by atoms with E-state index in [1.54, 1.807) is 35.2 Å². The van der Waals surface area contributed by atoms with Gasteiger partial charge in [0.15, 0.2) is 9.84 Å². The standard InChI is InChI=1S/C21H22FNO5S/c22-17-8-10-18(11-9-17)29(26,27)15-12-19(24)28-20(16-6-2-1-3-7-16)21(25)23-13-4-5-14-23/h1-3,6-11,20H,4-5,12-15H2/t20-/m1/s1. The van der Waals surface area contributed by atoms with E-state index in [-0.39, 0.29) is 10.8 Å². The highest BCUT2D eigenvalue weighted by Crippen LogP contribution is 2.24. The van der Waals surface area contributed by atoms with E-state index in [1.807, 2.05) is 0 Å². The summed E-state index contributed by atoms with van der Waals surface area (Å²) in [6.07, 6.45) is 0.292. The maximum Gasteiger partial charge on any atom is 0.307 e. The Morgan fingerprint density at radius 2 is 1.62 bits per heavy atom. The van der Waals surface area contributed by atoms with Crippen molar-refractivity contribution in [3.63, 3.8) is 0 Å². The summed E-state index contributed by atoms with van der Waals surface area (Å²) in [5.74, 6) is -2.12. The first-order valence-electron chi connectivity index (χ1n) is 9.38. The van der Waals surface area contributed by atoms with Gasteiger partial charge in [-0.25, -0.2) is 12.8 Å². The van der Waals surface area contributed by atoms with E-state index in [9.17, 15) is 22.4 Å². The molecule has 0 aliphatic carbocycles. The van der Waals surface area contributed by atoms with E-state index in [0.29, 0.717) is 18.7 Å². The maximum absolute atomic E-state index is 13.0. The summed E-state index contributed by atoms with van der Waals surface area (Å²) in [5, 5.41) is 0. The van der Waals surface area contributed by atoms with Gasteiger partial charge in [-0.2, -0.15) is 0 Å². The Balaban J connectivity index is 1.68. The number of hydrogen-bond acceptors (Lipinski definition) is 5. The molecule has 6 nitrogen and oxygen atoms in total. The molecule has 1 amide bonds. The Bertz CT molecular complexity index is 954. The molecule has 2 aromatic rings. The van der Waals surface area contributed by atoms with Gasteiger partial charge in [-0.3, -0.25) is 9.59 Å². The second-order valence-electron chi connectivity index (χ2n) is 6.84. The van der Waals surface area contributed by atoms with Gasteiger partial charge in [0.1, 0.15) is 5.82 Å². The van der Waals surface area contributed by atoms with Crippen LogP contribution in [0.4, 0.5) is 4.39 Å². The molecule has 154 valence electrons. The third-order valence-electron chi connectivity index (χ3n) is 4.74. The van der Waals surface area contributed by atoms with Crippen molar-refractivity contribution in [2.75, 3.05) is 18.8 Å². The molecule has 1 heterocycles. The van der Waals surface area contributed by atoms with Gasteiger partial charge >= 0.3 is 5.97 Å². The fourth-order valence-electron chi connectivity index (χ4n) is 3.16. The number of nitrogens with zero attached hydrogens (tertiary/aromatic N) is 1. The average molecular weight is 419 g/mol. The molecule has 2 aromatic carbocycles. The lowest BCUT2D eigenvalue weighted by molar-refractivity contribution is -0.160. The van der Waals surface area contributed by atoms with Crippen LogP contribution >= 0.6 is 0 Å². The number of likely N-dealkylation sites (tertiary alicyclic amines) is 1. The van der Waals surface area contributed by atoms with E-state index >= 15 is 0 Å². The Morgan fingerprint density at radius 1 is 1.00 bits per heavy atom. The highest BCUT2D eigenvalue weighted by atomic mass is 32.2. The van der Waals surface area contributed by atoms with Crippen molar-refractivity contribution in [3.8, 4) is 0 Å². The Morgan fingerprint density at radius 3 is 2.24 bits per heavy atom. The summed E-state index contributed by atoms with van der Waals surface area (Å²) < 4.78 is 43.1. The number of rotatable bonds is 7. The second-order valence-corrected chi connectivity index (χ2v) is 8.94. The lowest BCUT2D eigenvalue weighted by Crippen LogP contribution is -2.35. The van der Waals surface area contributed by atoms with Crippen LogP contribution < -0.4 is 0 Å². The smallest absolute Gasteiger partial charge is 0.307 e. The fraction of sp³-hybridized carbons (Fsp3) is 0.333. The van der Waals surface area contributed by atoms with Crippen molar-refractivity contribution < 1.29 is 27.1 Å². The SMILES string of the molecule is O=C(CCS(=O)(=O)c1ccc(F)cc1)O[C@@H](C(=O)N1CCCC1)c1ccccc1. The summed E-state index contributed by atoms with van der Waals surface area (Å²) in [7, 11) is -3.77. The molecule has 0 N–H and O–H groups in total. The second kappa shape index (κ2) is 9.17. The highest BCUT2D eigenvalue weighted by Gasteiger charge is 2.31. The topological polar surface area (TPSA) is 80.7 Å². The minimum atomic E-state index is -3.77. The number of esters is 1. The molecular formula is C21H22FNO5S. The van der Waals surface area contributed by atoms with Gasteiger partial charge in [-0.15, -0.1) is 0 Å². The molecule has 1 atom stereocenters. The van der Waals surface area contributed by atoms with Crippen LogP contribution in [0.25, 0.3) is 0 Å². The molecule has 1 aliphatic rings. The Hall–Kier alpha value is -2.74. The quantitative estimate of drug-likeness (QED) is 0.509. The monoisotopic (exact) mass is 419 g/mol. The predicted molar refractivity (Wildman–Crippen MR) is 104 cm³/mol. The van der Waals surface area contributed by atoms with E-state index < -0.39 is 39.9 Å². The molecule has 0 unspecified atom stereocenters. The summed E-state index contributed by atoms with van der Waals surface area (Å²) in [5.41, 5.74) is 0.541. The van der Waals surface area contributed by atoms with Gasteiger partial charge in [0, 0.05) is 18.7 Å². The minimum Gasteiger partial charge on any atom is -0.447 e. The number of ether oxygens (including phenoxy) is 1. The van der Waals surface area contributed by atoms with Gasteiger partial charge in [-0.1, -0.05) is 30.3 Å². The molecule has 0 aromatic heterocycles. The van der Waals surface area contributed by atoms with Crippen molar-refractivity contribution in [1.82, 2.24) is 4.90 Å². The first-order valence-corrected chi connectivity index (χ1v) is 11.0. The zero-order chi connectivity index (χ0) is 20.9. The molecule has 29 heavy (non-hydrogen) atoms. The lowest BCUT2D eigenvalue weighted by Gasteiger charge is -2.23. The first kappa shape index (κ1) is 21.0. The van der Waals surface area contributed by atoms with E-state index in [0.717, 1.165) is 37.1 Å². The van der Waals surface area contributed by atoms with Gasteiger partial charge in [0.25, 0.3) is 5.91 Å². The predicted octanol–water partition coefficient (Wildman–Crippen LogP) is 2.90. The van der Waals surface area contributed by atoms with Crippen LogP contribution in [-0.2, 0) is 24.2 Å². The molecule has 0 radical (unpaired) electrons. The van der Waals surface area contributed by atoms with Crippen LogP contribution in [-0.4, -0.2) is 44.0 Å². The highest BCUT2D eigenvalue weighted by molar-refractivity contribution is 7.91. The van der Waals surface area contributed by atoms with Crippen molar-refractivity contribution in [2.45, 2.75) is 30.3 Å². The molecule has 0 saturated carbocycles. The maximum atomic E-state index is 13.0. The van der Waals surface area contributed by atoms with Crippen LogP contribution in [0.2, 0.25) is 0 Å².